The van der Waals surface area contributed by atoms with E-state index < -0.39 is 0 Å². The molecular weight excluding hydrogens is 218 g/mol. The zero-order chi connectivity index (χ0) is 12.1. The van der Waals surface area contributed by atoms with Gasteiger partial charge < -0.3 is 19.2 Å². The van der Waals surface area contributed by atoms with E-state index in [9.17, 15) is 0 Å². The summed E-state index contributed by atoms with van der Waals surface area (Å²) in [4.78, 5) is 0. The van der Waals surface area contributed by atoms with E-state index in [1.54, 1.807) is 0 Å². The number of nitrogens with one attached hydrogen (secondary N) is 1. The lowest BCUT2D eigenvalue weighted by Crippen LogP contribution is -2.13. The summed E-state index contributed by atoms with van der Waals surface area (Å²) in [5.41, 5.74) is 1.13. The van der Waals surface area contributed by atoms with Gasteiger partial charge in [0.05, 0.1) is 25.9 Å². The molecule has 1 N–H and O–H groups in total. The van der Waals surface area contributed by atoms with Crippen molar-refractivity contribution in [3.05, 3.63) is 23.2 Å². The first-order valence-electron chi connectivity index (χ1n) is 6.21. The number of rotatable bonds is 6. The summed E-state index contributed by atoms with van der Waals surface area (Å²) in [6.45, 7) is 4.91. The van der Waals surface area contributed by atoms with Crippen molar-refractivity contribution in [2.75, 3.05) is 20.3 Å². The van der Waals surface area contributed by atoms with Crippen molar-refractivity contribution in [1.82, 2.24) is 5.32 Å². The number of hydrogen-bond donors (Lipinski definition) is 1. The summed E-state index contributed by atoms with van der Waals surface area (Å²) in [5.74, 6) is 1.91. The van der Waals surface area contributed by atoms with Crippen molar-refractivity contribution in [3.8, 4) is 0 Å². The maximum absolute atomic E-state index is 5.67. The molecule has 0 amide bonds. The highest BCUT2D eigenvalue weighted by atomic mass is 16.5. The van der Waals surface area contributed by atoms with Crippen LogP contribution >= 0.6 is 0 Å². The zero-order valence-corrected chi connectivity index (χ0v) is 10.6. The van der Waals surface area contributed by atoms with Gasteiger partial charge in [-0.2, -0.15) is 0 Å². The summed E-state index contributed by atoms with van der Waals surface area (Å²) in [5, 5.41) is 3.07. The molecule has 0 radical (unpaired) electrons. The van der Waals surface area contributed by atoms with Gasteiger partial charge in [-0.3, -0.25) is 0 Å². The van der Waals surface area contributed by atoms with Gasteiger partial charge in [-0.25, -0.2) is 0 Å². The van der Waals surface area contributed by atoms with E-state index in [4.69, 9.17) is 13.9 Å². The van der Waals surface area contributed by atoms with Gasteiger partial charge in [0.1, 0.15) is 11.5 Å². The lowest BCUT2D eigenvalue weighted by molar-refractivity contribution is 0.0103. The molecule has 2 heterocycles. The normalized spacial score (nSPS) is 20.0. The number of aryl methyl sites for hydroxylation is 1. The Hall–Kier alpha value is -0.840. The molecule has 0 bridgehead atoms. The SMILES string of the molecule is CNCc1cc(COCC2CCCO2)c(C)o1. The van der Waals surface area contributed by atoms with E-state index in [1.807, 2.05) is 14.0 Å². The van der Waals surface area contributed by atoms with Crippen molar-refractivity contribution in [3.63, 3.8) is 0 Å². The number of hydrogen-bond acceptors (Lipinski definition) is 4. The van der Waals surface area contributed by atoms with Crippen LogP contribution in [0.1, 0.15) is 29.9 Å². The summed E-state index contributed by atoms with van der Waals surface area (Å²) in [7, 11) is 1.91. The Labute approximate surface area is 102 Å². The van der Waals surface area contributed by atoms with Crippen LogP contribution in [-0.4, -0.2) is 26.4 Å². The molecule has 0 aliphatic carbocycles. The van der Waals surface area contributed by atoms with Crippen LogP contribution in [0, 0.1) is 6.92 Å². The first kappa shape index (κ1) is 12.6. The van der Waals surface area contributed by atoms with Crippen molar-refractivity contribution < 1.29 is 13.9 Å². The molecule has 1 atom stereocenters. The molecule has 0 saturated carbocycles. The van der Waals surface area contributed by atoms with Crippen LogP contribution in [0.5, 0.6) is 0 Å². The Kier molecular flexibility index (Phi) is 4.59. The second-order valence-corrected chi connectivity index (χ2v) is 4.47. The van der Waals surface area contributed by atoms with Gasteiger partial charge in [0.15, 0.2) is 0 Å². The average Bonchev–Trinajstić information content (AvgIpc) is 2.90. The molecule has 1 aliphatic rings. The number of ether oxygens (including phenoxy) is 2. The zero-order valence-electron chi connectivity index (χ0n) is 10.6. The quantitative estimate of drug-likeness (QED) is 0.824. The molecule has 17 heavy (non-hydrogen) atoms. The smallest absolute Gasteiger partial charge is 0.118 e. The van der Waals surface area contributed by atoms with Crippen LogP contribution in [0.15, 0.2) is 10.5 Å². The predicted molar refractivity (Wildman–Crippen MR) is 64.8 cm³/mol. The second kappa shape index (κ2) is 6.19. The van der Waals surface area contributed by atoms with E-state index in [2.05, 4.69) is 11.4 Å². The molecule has 1 saturated heterocycles. The maximum atomic E-state index is 5.67. The van der Waals surface area contributed by atoms with E-state index in [-0.39, 0.29) is 0 Å². The van der Waals surface area contributed by atoms with E-state index in [1.165, 1.54) is 0 Å². The van der Waals surface area contributed by atoms with Gasteiger partial charge in [0.25, 0.3) is 0 Å². The molecule has 96 valence electrons. The van der Waals surface area contributed by atoms with Gasteiger partial charge in [0, 0.05) is 12.2 Å². The molecule has 4 nitrogen and oxygen atoms in total. The average molecular weight is 239 g/mol. The molecular formula is C13H21NO3. The Morgan fingerprint density at radius 3 is 3.12 bits per heavy atom. The maximum Gasteiger partial charge on any atom is 0.118 e. The van der Waals surface area contributed by atoms with Gasteiger partial charge in [-0.05, 0) is 32.9 Å². The minimum Gasteiger partial charge on any atom is -0.465 e. The van der Waals surface area contributed by atoms with E-state index >= 15 is 0 Å². The van der Waals surface area contributed by atoms with Crippen LogP contribution in [0.4, 0.5) is 0 Å². The molecule has 0 aromatic carbocycles. The summed E-state index contributed by atoms with van der Waals surface area (Å²) >= 11 is 0. The standard InChI is InChI=1S/C13H21NO3/c1-10-11(6-13(17-10)7-14-2)8-15-9-12-4-3-5-16-12/h6,12,14H,3-5,7-9H2,1-2H3. The molecule has 1 aromatic heterocycles. The third-order valence-electron chi connectivity index (χ3n) is 3.01. The van der Waals surface area contributed by atoms with Gasteiger partial charge in [-0.1, -0.05) is 0 Å². The van der Waals surface area contributed by atoms with Gasteiger partial charge >= 0.3 is 0 Å². The van der Waals surface area contributed by atoms with Crippen LogP contribution in [0.25, 0.3) is 0 Å². The highest BCUT2D eigenvalue weighted by Gasteiger charge is 2.16. The van der Waals surface area contributed by atoms with Crippen molar-refractivity contribution in [1.29, 1.82) is 0 Å². The summed E-state index contributed by atoms with van der Waals surface area (Å²) in [6.07, 6.45) is 2.57. The highest BCUT2D eigenvalue weighted by molar-refractivity contribution is 5.19. The van der Waals surface area contributed by atoms with Gasteiger partial charge in [0.2, 0.25) is 0 Å². The molecule has 1 unspecified atom stereocenters. The van der Waals surface area contributed by atoms with Crippen LogP contribution in [-0.2, 0) is 22.6 Å². The molecule has 0 spiro atoms. The third kappa shape index (κ3) is 3.56. The fourth-order valence-electron chi connectivity index (χ4n) is 2.07. The fraction of sp³-hybridized carbons (Fsp3) is 0.692. The first-order valence-corrected chi connectivity index (χ1v) is 6.21. The predicted octanol–water partition coefficient (Wildman–Crippen LogP) is 2.00. The second-order valence-electron chi connectivity index (χ2n) is 4.47. The minimum absolute atomic E-state index is 0.291. The van der Waals surface area contributed by atoms with Crippen LogP contribution in [0.2, 0.25) is 0 Å². The monoisotopic (exact) mass is 239 g/mol. The Morgan fingerprint density at radius 1 is 1.53 bits per heavy atom. The fourth-order valence-corrected chi connectivity index (χ4v) is 2.07. The van der Waals surface area contributed by atoms with Crippen molar-refractivity contribution >= 4 is 0 Å². The lowest BCUT2D eigenvalue weighted by Gasteiger charge is -2.09. The molecule has 2 rings (SSSR count). The Balaban J connectivity index is 1.77. The third-order valence-corrected chi connectivity index (χ3v) is 3.01. The molecule has 1 aliphatic heterocycles. The summed E-state index contributed by atoms with van der Waals surface area (Å²) < 4.78 is 16.8. The van der Waals surface area contributed by atoms with Crippen molar-refractivity contribution in [2.24, 2.45) is 0 Å². The first-order chi connectivity index (χ1) is 8.29. The summed E-state index contributed by atoms with van der Waals surface area (Å²) in [6, 6.07) is 2.06. The van der Waals surface area contributed by atoms with Crippen LogP contribution < -0.4 is 5.32 Å². The van der Waals surface area contributed by atoms with Crippen LogP contribution in [0.3, 0.4) is 0 Å². The Morgan fingerprint density at radius 2 is 2.41 bits per heavy atom. The van der Waals surface area contributed by atoms with Gasteiger partial charge in [-0.15, -0.1) is 0 Å². The highest BCUT2D eigenvalue weighted by Crippen LogP contribution is 2.17. The molecule has 1 aromatic rings. The van der Waals surface area contributed by atoms with E-state index in [0.717, 1.165) is 43.1 Å². The van der Waals surface area contributed by atoms with Crippen molar-refractivity contribution in [2.45, 2.75) is 39.0 Å². The number of furan rings is 1. The Bertz CT molecular complexity index is 342. The largest absolute Gasteiger partial charge is 0.465 e. The van der Waals surface area contributed by atoms with E-state index in [0.29, 0.717) is 19.3 Å². The minimum atomic E-state index is 0.291. The molecule has 4 heteroatoms. The molecule has 1 fully saturated rings. The topological polar surface area (TPSA) is 43.6 Å². The lowest BCUT2D eigenvalue weighted by atomic mass is 10.2.